The van der Waals surface area contributed by atoms with Crippen molar-refractivity contribution in [3.63, 3.8) is 0 Å². The van der Waals surface area contributed by atoms with Crippen molar-refractivity contribution in [2.75, 3.05) is 13.2 Å². The number of carboxylic acids is 1. The number of hydrogen-bond acceptors (Lipinski definition) is 6. The summed E-state index contributed by atoms with van der Waals surface area (Å²) >= 11 is 8.78. The summed E-state index contributed by atoms with van der Waals surface area (Å²) < 4.78 is 26.0. The van der Waals surface area contributed by atoms with Crippen molar-refractivity contribution in [3.05, 3.63) is 44.1 Å². The standard InChI is InChI=1S/C23H23I4NO7/c1-23(2,3)35-22(31)28-18(21(29)30)6-11-4-14(24)20(15(25)5-11)34-12-7-16(26)19(17(27)8-12)33-10-13-9-32-13/h4-5,7-8,13,18H,6,9-10H2,1-3H3,(H,28,31)(H,29,30). The molecule has 0 aromatic heterocycles. The van der Waals surface area contributed by atoms with E-state index >= 15 is 0 Å². The number of alkyl carbamates (subject to hydrolysis) is 1. The highest BCUT2D eigenvalue weighted by molar-refractivity contribution is 14.1. The number of halogens is 4. The number of nitrogens with one attached hydrogen (secondary N) is 1. The van der Waals surface area contributed by atoms with Crippen LogP contribution in [0, 0.1) is 14.3 Å². The summed E-state index contributed by atoms with van der Waals surface area (Å²) in [6.07, 6.45) is -0.484. The Balaban J connectivity index is 1.73. The smallest absolute Gasteiger partial charge is 0.408 e. The lowest BCUT2D eigenvalue weighted by Gasteiger charge is -2.22. The fraction of sp³-hybridized carbons (Fsp3) is 0.391. The maximum Gasteiger partial charge on any atom is 0.408 e. The molecule has 1 saturated heterocycles. The molecule has 2 N–H and O–H groups in total. The predicted octanol–water partition coefficient (Wildman–Crippen LogP) is 6.20. The van der Waals surface area contributed by atoms with Gasteiger partial charge in [0.2, 0.25) is 0 Å². The number of rotatable bonds is 9. The van der Waals surface area contributed by atoms with Crippen LogP contribution in [0.3, 0.4) is 0 Å². The Kier molecular flexibility index (Phi) is 10.4. The van der Waals surface area contributed by atoms with Crippen LogP contribution >= 0.6 is 90.4 Å². The van der Waals surface area contributed by atoms with Crippen LogP contribution in [-0.4, -0.2) is 48.1 Å². The quantitative estimate of drug-likeness (QED) is 0.228. The molecule has 0 saturated carbocycles. The first kappa shape index (κ1) is 29.2. The first-order chi connectivity index (χ1) is 16.3. The van der Waals surface area contributed by atoms with Gasteiger partial charge in [-0.3, -0.25) is 0 Å². The highest BCUT2D eigenvalue weighted by atomic mass is 127. The van der Waals surface area contributed by atoms with Crippen LogP contribution in [0.4, 0.5) is 4.79 Å². The van der Waals surface area contributed by atoms with Crippen LogP contribution in [0.5, 0.6) is 17.2 Å². The Bertz CT molecular complexity index is 1070. The van der Waals surface area contributed by atoms with Gasteiger partial charge in [0.25, 0.3) is 0 Å². The van der Waals surface area contributed by atoms with Crippen molar-refractivity contribution >= 4 is 102 Å². The fourth-order valence-corrected chi connectivity index (χ4v) is 7.04. The van der Waals surface area contributed by atoms with E-state index in [-0.39, 0.29) is 12.5 Å². The van der Waals surface area contributed by atoms with Gasteiger partial charge in [-0.05, 0) is 141 Å². The number of carboxylic acid groups (broad SMARTS) is 1. The van der Waals surface area contributed by atoms with E-state index in [1.165, 1.54) is 0 Å². The Morgan fingerprint density at radius 1 is 1.06 bits per heavy atom. The molecule has 1 amide bonds. The summed E-state index contributed by atoms with van der Waals surface area (Å²) in [7, 11) is 0. The number of epoxide rings is 1. The topological polar surface area (TPSA) is 107 Å². The normalized spacial score (nSPS) is 15.8. The maximum atomic E-state index is 12.1. The molecule has 12 heteroatoms. The van der Waals surface area contributed by atoms with Gasteiger partial charge in [0.15, 0.2) is 5.75 Å². The van der Waals surface area contributed by atoms with Gasteiger partial charge in [0.05, 0.1) is 20.9 Å². The summed E-state index contributed by atoms with van der Waals surface area (Å²) in [4.78, 5) is 23.8. The van der Waals surface area contributed by atoms with E-state index in [1.807, 2.05) is 24.3 Å². The second-order valence-electron chi connectivity index (χ2n) is 8.71. The van der Waals surface area contributed by atoms with Gasteiger partial charge in [-0.1, -0.05) is 0 Å². The number of carbonyl (C=O) groups excluding carboxylic acids is 1. The number of hydrogen-bond donors (Lipinski definition) is 2. The minimum Gasteiger partial charge on any atom is -0.489 e. The zero-order valence-corrected chi connectivity index (χ0v) is 27.6. The molecule has 0 radical (unpaired) electrons. The molecule has 1 aliphatic rings. The first-order valence-corrected chi connectivity index (χ1v) is 14.8. The molecule has 2 atom stereocenters. The van der Waals surface area contributed by atoms with Crippen LogP contribution in [0.25, 0.3) is 0 Å². The molecule has 0 spiro atoms. The van der Waals surface area contributed by atoms with E-state index in [9.17, 15) is 14.7 Å². The molecular formula is C23H23I4NO7. The Morgan fingerprint density at radius 3 is 2.09 bits per heavy atom. The van der Waals surface area contributed by atoms with Crippen molar-refractivity contribution < 1.29 is 33.6 Å². The van der Waals surface area contributed by atoms with Crippen LogP contribution in [0.15, 0.2) is 24.3 Å². The molecule has 0 bridgehead atoms. The monoisotopic (exact) mass is 933 g/mol. The van der Waals surface area contributed by atoms with Crippen LogP contribution in [0.2, 0.25) is 0 Å². The Hall–Kier alpha value is -0.340. The van der Waals surface area contributed by atoms with Gasteiger partial charge in [-0.25, -0.2) is 9.59 Å². The fourth-order valence-electron chi connectivity index (χ4n) is 2.91. The minimum absolute atomic E-state index is 0.105. The number of ether oxygens (including phenoxy) is 4. The molecule has 2 unspecified atom stereocenters. The van der Waals surface area contributed by atoms with Gasteiger partial charge in [-0.2, -0.15) is 0 Å². The molecule has 3 rings (SSSR count). The molecule has 0 aliphatic carbocycles. The second kappa shape index (κ2) is 12.5. The maximum absolute atomic E-state index is 12.1. The SMILES string of the molecule is CC(C)(C)OC(=O)NC(Cc1cc(I)c(Oc2cc(I)c(OCC3CO3)c(I)c2)c(I)c1)C(=O)O. The van der Waals surface area contributed by atoms with Gasteiger partial charge < -0.3 is 29.4 Å². The second-order valence-corrected chi connectivity index (χ2v) is 13.4. The summed E-state index contributed by atoms with van der Waals surface area (Å²) in [5.41, 5.74) is 0.0347. The molecule has 190 valence electrons. The highest BCUT2D eigenvalue weighted by Gasteiger charge is 2.26. The molecule has 2 aromatic carbocycles. The average Bonchev–Trinajstić information content (AvgIpc) is 3.52. The van der Waals surface area contributed by atoms with Crippen molar-refractivity contribution in [3.8, 4) is 17.2 Å². The summed E-state index contributed by atoms with van der Waals surface area (Å²) in [6, 6.07) is 6.41. The van der Waals surface area contributed by atoms with Gasteiger partial charge in [-0.15, -0.1) is 0 Å². The minimum atomic E-state index is -1.14. The number of benzene rings is 2. The van der Waals surface area contributed by atoms with E-state index in [4.69, 9.17) is 18.9 Å². The summed E-state index contributed by atoms with van der Waals surface area (Å²) in [5.74, 6) is 1.02. The Morgan fingerprint density at radius 2 is 1.60 bits per heavy atom. The third kappa shape index (κ3) is 9.17. The number of carbonyl (C=O) groups is 2. The molecule has 1 fully saturated rings. The lowest BCUT2D eigenvalue weighted by Crippen LogP contribution is -2.44. The summed E-state index contributed by atoms with van der Waals surface area (Å²) in [5, 5.41) is 12.0. The predicted molar refractivity (Wildman–Crippen MR) is 164 cm³/mol. The number of amides is 1. The first-order valence-electron chi connectivity index (χ1n) is 10.4. The van der Waals surface area contributed by atoms with Gasteiger partial charge >= 0.3 is 12.1 Å². The lowest BCUT2D eigenvalue weighted by atomic mass is 10.1. The lowest BCUT2D eigenvalue weighted by molar-refractivity contribution is -0.139. The zero-order valence-electron chi connectivity index (χ0n) is 19.0. The van der Waals surface area contributed by atoms with Crippen molar-refractivity contribution in [1.29, 1.82) is 0 Å². The number of aliphatic carboxylic acids is 1. The molecule has 8 nitrogen and oxygen atoms in total. The molecule has 1 heterocycles. The highest BCUT2D eigenvalue weighted by Crippen LogP contribution is 2.37. The van der Waals surface area contributed by atoms with Crippen LogP contribution in [0.1, 0.15) is 26.3 Å². The van der Waals surface area contributed by atoms with E-state index in [2.05, 4.69) is 95.7 Å². The van der Waals surface area contributed by atoms with E-state index in [1.54, 1.807) is 20.8 Å². The van der Waals surface area contributed by atoms with Crippen molar-refractivity contribution in [2.24, 2.45) is 0 Å². The zero-order chi connectivity index (χ0) is 25.9. The van der Waals surface area contributed by atoms with E-state index in [0.717, 1.165) is 32.2 Å². The summed E-state index contributed by atoms with van der Waals surface area (Å²) in [6.45, 7) is 6.43. The van der Waals surface area contributed by atoms with E-state index < -0.39 is 23.7 Å². The van der Waals surface area contributed by atoms with Crippen LogP contribution in [-0.2, 0) is 20.7 Å². The van der Waals surface area contributed by atoms with Gasteiger partial charge in [0, 0.05) is 6.42 Å². The van der Waals surface area contributed by atoms with Crippen molar-refractivity contribution in [2.45, 2.75) is 44.9 Å². The van der Waals surface area contributed by atoms with Gasteiger partial charge in [0.1, 0.15) is 35.9 Å². The van der Waals surface area contributed by atoms with E-state index in [0.29, 0.717) is 18.1 Å². The molecular weight excluding hydrogens is 910 g/mol. The molecule has 35 heavy (non-hydrogen) atoms. The third-order valence-corrected chi connectivity index (χ3v) is 7.70. The van der Waals surface area contributed by atoms with Crippen LogP contribution < -0.4 is 14.8 Å². The third-order valence-electron chi connectivity index (χ3n) is 4.49. The molecule has 2 aromatic rings. The average molecular weight is 933 g/mol. The Labute approximate surface area is 258 Å². The largest absolute Gasteiger partial charge is 0.489 e. The molecule has 1 aliphatic heterocycles. The van der Waals surface area contributed by atoms with Crippen molar-refractivity contribution in [1.82, 2.24) is 5.32 Å².